The van der Waals surface area contributed by atoms with Crippen molar-refractivity contribution in [1.29, 1.82) is 0 Å². The van der Waals surface area contributed by atoms with E-state index in [0.717, 1.165) is 19.4 Å². The highest BCUT2D eigenvalue weighted by atomic mass is 19.1. The van der Waals surface area contributed by atoms with Gasteiger partial charge in [0.2, 0.25) is 0 Å². The van der Waals surface area contributed by atoms with Gasteiger partial charge in [0.25, 0.3) is 0 Å². The lowest BCUT2D eigenvalue weighted by atomic mass is 9.94. The summed E-state index contributed by atoms with van der Waals surface area (Å²) in [5.74, 6) is -2.18. The van der Waals surface area contributed by atoms with Crippen LogP contribution in [-0.2, 0) is 19.5 Å². The predicted octanol–water partition coefficient (Wildman–Crippen LogP) is 5.65. The van der Waals surface area contributed by atoms with Gasteiger partial charge >= 0.3 is 12.0 Å². The largest absolute Gasteiger partial charge is 0.508 e. The number of carboxylic acid groups (broad SMARTS) is 1. The van der Waals surface area contributed by atoms with Crippen molar-refractivity contribution < 1.29 is 32.9 Å². The van der Waals surface area contributed by atoms with Crippen LogP contribution in [0.4, 0.5) is 19.0 Å². The number of carboxylic acids is 1. The molecule has 0 unspecified atom stereocenters. The lowest BCUT2D eigenvalue weighted by Crippen LogP contribution is -2.43. The average Bonchev–Trinajstić information content (AvgIpc) is 3.71. The fraction of sp³-hybridized carbons (Fsp3) is 0.400. The van der Waals surface area contributed by atoms with Gasteiger partial charge in [-0.2, -0.15) is 15.1 Å². The molecule has 3 aliphatic heterocycles. The molecule has 254 valence electrons. The fourth-order valence-corrected chi connectivity index (χ4v) is 7.94. The van der Waals surface area contributed by atoms with Gasteiger partial charge in [-0.05, 0) is 72.8 Å². The van der Waals surface area contributed by atoms with E-state index in [4.69, 9.17) is 9.72 Å². The van der Waals surface area contributed by atoms with Gasteiger partial charge in [0.05, 0.1) is 23.2 Å². The van der Waals surface area contributed by atoms with E-state index in [0.29, 0.717) is 66.7 Å². The maximum absolute atomic E-state index is 17.0. The third-order valence-electron chi connectivity index (χ3n) is 10.2. The Morgan fingerprint density at radius 2 is 1.98 bits per heavy atom. The van der Waals surface area contributed by atoms with Gasteiger partial charge < -0.3 is 19.8 Å². The number of nitrogens with zero attached hydrogens (tertiary/aromatic N) is 7. The van der Waals surface area contributed by atoms with Crippen molar-refractivity contribution in [1.82, 2.24) is 29.6 Å². The van der Waals surface area contributed by atoms with Gasteiger partial charge in [0.15, 0.2) is 11.5 Å². The highest BCUT2D eigenvalue weighted by Crippen LogP contribution is 2.42. The number of halogens is 3. The summed E-state index contributed by atoms with van der Waals surface area (Å²) >= 11 is 0. The number of phenols is 1. The van der Waals surface area contributed by atoms with Crippen molar-refractivity contribution in [3.8, 4) is 23.0 Å². The summed E-state index contributed by atoms with van der Waals surface area (Å²) in [6, 6.07) is 7.15. The summed E-state index contributed by atoms with van der Waals surface area (Å²) in [7, 11) is 0. The molecular weight excluding hydrogens is 639 g/mol. The molecule has 6 heterocycles. The van der Waals surface area contributed by atoms with Crippen LogP contribution in [0.1, 0.15) is 54.4 Å². The van der Waals surface area contributed by atoms with Crippen LogP contribution < -0.4 is 9.64 Å². The minimum atomic E-state index is -1.14. The number of rotatable bonds is 7. The number of alkyl halides is 1. The maximum atomic E-state index is 17.0. The second-order valence-corrected chi connectivity index (χ2v) is 13.2. The van der Waals surface area contributed by atoms with E-state index in [1.807, 2.05) is 4.90 Å². The molecular formula is C35H34F3N7O4. The van der Waals surface area contributed by atoms with Crippen LogP contribution in [0.5, 0.6) is 11.8 Å². The topological polar surface area (TPSA) is 130 Å². The zero-order valence-electron chi connectivity index (χ0n) is 26.8. The minimum Gasteiger partial charge on any atom is -0.508 e. The third-order valence-corrected chi connectivity index (χ3v) is 10.2. The molecule has 2 N–H and O–H groups in total. The molecule has 0 spiro atoms. The lowest BCUT2D eigenvalue weighted by Gasteiger charge is -2.31. The Kier molecular flexibility index (Phi) is 7.58. The van der Waals surface area contributed by atoms with Gasteiger partial charge in [-0.25, -0.2) is 18.0 Å². The standard InChI is InChI=1S/C35H34F3N7O4/c1-2-23-26(37)6-5-19-11-22(46)13-24(28(19)23)30-29(38)31-25(15-39-30)32(43-8-4-10-45-21(17-43)12-27(42-45)33(47)48)41-34(40-31)49-18-35-7-3-9-44(35)16-20(36)14-35/h5-6,11-13,15,20,46H,2-4,7-10,14,16-18H2,1H3,(H,47,48)/t20-,35+/m1/s1. The molecule has 2 aromatic carbocycles. The predicted molar refractivity (Wildman–Crippen MR) is 175 cm³/mol. The number of benzene rings is 2. The van der Waals surface area contributed by atoms with Crippen LogP contribution in [0, 0.1) is 11.6 Å². The number of ether oxygens (including phenoxy) is 1. The quantitative estimate of drug-likeness (QED) is 0.224. The summed E-state index contributed by atoms with van der Waals surface area (Å²) in [6.07, 6.45) is 3.43. The monoisotopic (exact) mass is 673 g/mol. The number of fused-ring (bicyclic) bond motifs is 4. The summed E-state index contributed by atoms with van der Waals surface area (Å²) in [5, 5.41) is 25.6. The number of carbonyl (C=O) groups is 1. The molecule has 3 aromatic heterocycles. The first-order valence-electron chi connectivity index (χ1n) is 16.5. The van der Waals surface area contributed by atoms with Crippen LogP contribution in [0.15, 0.2) is 36.5 Å². The number of aromatic carboxylic acids is 1. The van der Waals surface area contributed by atoms with E-state index >= 15 is 8.78 Å². The van der Waals surface area contributed by atoms with E-state index in [1.165, 1.54) is 36.5 Å². The van der Waals surface area contributed by atoms with Crippen molar-refractivity contribution in [3.63, 3.8) is 0 Å². The SMILES string of the molecule is CCc1c(F)ccc2cc(O)cc(-c3ncc4c(N5CCCn6nc(C(=O)O)cc6C5)nc(OC[C@@]56CCCN5C[C@H](F)C6)nc4c3F)c12. The second kappa shape index (κ2) is 11.9. The number of aromatic nitrogens is 5. The van der Waals surface area contributed by atoms with Crippen molar-refractivity contribution in [2.45, 2.75) is 63.8 Å². The summed E-state index contributed by atoms with van der Waals surface area (Å²) in [4.78, 5) is 29.5. The molecule has 2 saturated heterocycles. The Hall–Kier alpha value is -4.98. The summed E-state index contributed by atoms with van der Waals surface area (Å²) in [6.45, 7) is 4.23. The normalized spacial score (nSPS) is 20.9. The average molecular weight is 674 g/mol. The molecule has 3 aliphatic rings. The number of pyridine rings is 1. The van der Waals surface area contributed by atoms with Crippen LogP contribution >= 0.6 is 0 Å². The molecule has 11 nitrogen and oxygen atoms in total. The number of aryl methyl sites for hydroxylation is 2. The maximum Gasteiger partial charge on any atom is 0.356 e. The highest BCUT2D eigenvalue weighted by molar-refractivity contribution is 6.01. The first kappa shape index (κ1) is 31.3. The first-order valence-corrected chi connectivity index (χ1v) is 16.5. The molecule has 0 amide bonds. The Morgan fingerprint density at radius 1 is 1.12 bits per heavy atom. The van der Waals surface area contributed by atoms with Gasteiger partial charge in [-0.15, -0.1) is 0 Å². The number of anilines is 1. The van der Waals surface area contributed by atoms with Crippen molar-refractivity contribution >= 4 is 33.5 Å². The molecule has 0 bridgehead atoms. The molecule has 5 aromatic rings. The van der Waals surface area contributed by atoms with Crippen molar-refractivity contribution in [3.05, 3.63) is 65.1 Å². The fourth-order valence-electron chi connectivity index (χ4n) is 7.94. The molecule has 0 saturated carbocycles. The van der Waals surface area contributed by atoms with Crippen molar-refractivity contribution in [2.24, 2.45) is 0 Å². The van der Waals surface area contributed by atoms with Crippen LogP contribution in [0.3, 0.4) is 0 Å². The van der Waals surface area contributed by atoms with Crippen molar-refractivity contribution in [2.75, 3.05) is 31.1 Å². The zero-order valence-corrected chi connectivity index (χ0v) is 26.8. The molecule has 49 heavy (non-hydrogen) atoms. The van der Waals surface area contributed by atoms with Gasteiger partial charge in [-0.1, -0.05) is 13.0 Å². The number of hydrogen-bond donors (Lipinski definition) is 2. The third kappa shape index (κ3) is 5.29. The number of aromatic hydroxyl groups is 1. The van der Waals surface area contributed by atoms with Gasteiger partial charge in [-0.3, -0.25) is 14.6 Å². The van der Waals surface area contributed by atoms with E-state index in [9.17, 15) is 19.4 Å². The van der Waals surface area contributed by atoms with E-state index in [-0.39, 0.29) is 52.8 Å². The second-order valence-electron chi connectivity index (χ2n) is 13.2. The number of hydrogen-bond acceptors (Lipinski definition) is 9. The van der Waals surface area contributed by atoms with Crippen LogP contribution in [0.25, 0.3) is 32.9 Å². The summed E-state index contributed by atoms with van der Waals surface area (Å²) in [5.41, 5.74) is 0.449. The number of phenolic OH excluding ortho intramolecular Hbond substituents is 1. The Labute approximate surface area is 279 Å². The first-order chi connectivity index (χ1) is 23.6. The van der Waals surface area contributed by atoms with E-state index < -0.39 is 29.3 Å². The van der Waals surface area contributed by atoms with E-state index in [2.05, 4.69) is 20.0 Å². The Morgan fingerprint density at radius 3 is 2.80 bits per heavy atom. The minimum absolute atomic E-state index is 0.0740. The van der Waals surface area contributed by atoms with E-state index in [1.54, 1.807) is 11.6 Å². The molecule has 14 heteroatoms. The highest BCUT2D eigenvalue weighted by Gasteiger charge is 2.49. The molecule has 2 atom stereocenters. The van der Waals surface area contributed by atoms with Gasteiger partial charge in [0, 0.05) is 37.8 Å². The molecule has 0 radical (unpaired) electrons. The molecule has 2 fully saturated rings. The van der Waals surface area contributed by atoms with Crippen LogP contribution in [-0.4, -0.2) is 83.8 Å². The Balaban J connectivity index is 1.28. The smallest absolute Gasteiger partial charge is 0.356 e. The Bertz CT molecular complexity index is 2140. The molecule has 0 aliphatic carbocycles. The van der Waals surface area contributed by atoms with Crippen LogP contribution in [0.2, 0.25) is 0 Å². The lowest BCUT2D eigenvalue weighted by molar-refractivity contribution is 0.0689. The molecule has 8 rings (SSSR count). The van der Waals surface area contributed by atoms with Gasteiger partial charge in [0.1, 0.15) is 41.4 Å². The summed E-state index contributed by atoms with van der Waals surface area (Å²) < 4.78 is 54.4. The zero-order chi connectivity index (χ0) is 34.0.